The number of aryl methyl sites for hydroxylation is 2. The summed E-state index contributed by atoms with van der Waals surface area (Å²) in [6, 6.07) is 22.2. The van der Waals surface area contributed by atoms with Crippen LogP contribution in [-0.4, -0.2) is 9.55 Å². The van der Waals surface area contributed by atoms with Gasteiger partial charge in [-0.1, -0.05) is 106 Å². The molecule has 3 heterocycles. The Balaban J connectivity index is 1.61. The van der Waals surface area contributed by atoms with Crippen molar-refractivity contribution >= 4 is 44.1 Å². The molecule has 0 spiro atoms. The van der Waals surface area contributed by atoms with Crippen LogP contribution in [0.4, 0.5) is 0 Å². The van der Waals surface area contributed by atoms with Crippen LogP contribution in [0, 0.1) is 6.92 Å². The molecule has 4 aromatic carbocycles. The van der Waals surface area contributed by atoms with Gasteiger partial charge >= 0.3 is 0 Å². The monoisotopic (exact) mass is 626 g/mol. The van der Waals surface area contributed by atoms with Crippen molar-refractivity contribution in [1.29, 1.82) is 0 Å². The highest BCUT2D eigenvalue weighted by Gasteiger charge is 2.34. The fourth-order valence-electron chi connectivity index (χ4n) is 7.03. The van der Waals surface area contributed by atoms with Gasteiger partial charge in [-0.25, -0.2) is 9.55 Å². The molecule has 242 valence electrons. The Morgan fingerprint density at radius 1 is 0.745 bits per heavy atom. The van der Waals surface area contributed by atoms with Gasteiger partial charge < -0.3 is 8.83 Å². The summed E-state index contributed by atoms with van der Waals surface area (Å²) < 4.78 is 18.0. The fraction of sp³-hybridized carbons (Fsp3) is 0.381. The largest absolute Gasteiger partial charge is 0.455 e. The SMILES string of the molecule is Cc1ccc2c(oc3cc4nc(C(C)(C)C)oc4cc32)c1-c1n(-c2c(C(C)C)cc(C(C)(C)C)cc2C(C)C)c2ccccc2[n+]1C. The van der Waals surface area contributed by atoms with Crippen LogP contribution in [0.5, 0.6) is 0 Å². The molecule has 7 rings (SSSR count). The number of para-hydroxylation sites is 2. The third kappa shape index (κ3) is 4.89. The van der Waals surface area contributed by atoms with Crippen LogP contribution in [0.15, 0.2) is 69.5 Å². The van der Waals surface area contributed by atoms with Crippen LogP contribution in [0.2, 0.25) is 0 Å². The molecule has 0 aliphatic heterocycles. The van der Waals surface area contributed by atoms with E-state index in [2.05, 4.69) is 147 Å². The maximum atomic E-state index is 6.87. The number of hydrogen-bond donors (Lipinski definition) is 0. The van der Waals surface area contributed by atoms with Gasteiger partial charge in [0.25, 0.3) is 5.82 Å². The molecule has 0 N–H and O–H groups in total. The summed E-state index contributed by atoms with van der Waals surface area (Å²) in [5.41, 5.74) is 13.2. The van der Waals surface area contributed by atoms with Gasteiger partial charge in [-0.15, -0.1) is 0 Å². The Kier molecular flexibility index (Phi) is 7.02. The predicted molar refractivity (Wildman–Crippen MR) is 195 cm³/mol. The molecule has 0 saturated heterocycles. The lowest BCUT2D eigenvalue weighted by Gasteiger charge is -2.26. The molecule has 47 heavy (non-hydrogen) atoms. The van der Waals surface area contributed by atoms with Gasteiger partial charge in [-0.05, 0) is 53.5 Å². The Hall–Kier alpha value is -4.38. The minimum atomic E-state index is -0.177. The topological polar surface area (TPSA) is 48.0 Å². The van der Waals surface area contributed by atoms with Crippen molar-refractivity contribution in [3.63, 3.8) is 0 Å². The van der Waals surface area contributed by atoms with E-state index in [0.717, 1.165) is 55.9 Å². The zero-order valence-electron chi connectivity index (χ0n) is 30.1. The maximum Gasteiger partial charge on any atom is 0.299 e. The van der Waals surface area contributed by atoms with Crippen molar-refractivity contribution in [2.75, 3.05) is 0 Å². The van der Waals surface area contributed by atoms with Gasteiger partial charge in [0.1, 0.15) is 22.4 Å². The summed E-state index contributed by atoms with van der Waals surface area (Å²) in [6.07, 6.45) is 0. The standard InChI is InChI=1S/C42H48N3O2/c1-23(2)28-19-26(41(6,7)8)20-29(24(3)4)37(28)45-33-16-14-13-15-32(33)44(12)39(45)36-25(5)17-18-27-30-21-35-31(22-34(30)46-38(27)36)43-40(47-35)42(9,10)11/h13-24H,1-12H3/q+1. The molecular formula is C42H48N3O2+. The highest BCUT2D eigenvalue weighted by molar-refractivity contribution is 6.12. The Morgan fingerprint density at radius 3 is 2.02 bits per heavy atom. The summed E-state index contributed by atoms with van der Waals surface area (Å²) in [4.78, 5) is 4.84. The highest BCUT2D eigenvalue weighted by Crippen LogP contribution is 2.43. The number of hydrogen-bond acceptors (Lipinski definition) is 3. The molecule has 0 amide bonds. The summed E-state index contributed by atoms with van der Waals surface area (Å²) in [5.74, 6) is 2.50. The second-order valence-electron chi connectivity index (χ2n) is 16.1. The minimum Gasteiger partial charge on any atom is -0.455 e. The summed E-state index contributed by atoms with van der Waals surface area (Å²) in [5, 5.41) is 2.11. The number of rotatable bonds is 4. The highest BCUT2D eigenvalue weighted by atomic mass is 16.4. The molecule has 0 aliphatic rings. The van der Waals surface area contributed by atoms with E-state index >= 15 is 0 Å². The third-order valence-electron chi connectivity index (χ3n) is 9.74. The first kappa shape index (κ1) is 31.2. The maximum absolute atomic E-state index is 6.87. The van der Waals surface area contributed by atoms with Gasteiger partial charge in [-0.2, -0.15) is 4.57 Å². The average Bonchev–Trinajstić information content (AvgIpc) is 3.66. The minimum absolute atomic E-state index is 0.0379. The van der Waals surface area contributed by atoms with E-state index in [1.165, 1.54) is 33.4 Å². The van der Waals surface area contributed by atoms with E-state index in [4.69, 9.17) is 13.8 Å². The molecular weight excluding hydrogens is 578 g/mol. The van der Waals surface area contributed by atoms with Gasteiger partial charge in [0, 0.05) is 33.4 Å². The molecule has 3 aromatic heterocycles. The first-order valence-corrected chi connectivity index (χ1v) is 17.0. The van der Waals surface area contributed by atoms with Gasteiger partial charge in [0.15, 0.2) is 22.2 Å². The van der Waals surface area contributed by atoms with Crippen LogP contribution in [0.25, 0.3) is 61.1 Å². The smallest absolute Gasteiger partial charge is 0.299 e. The van der Waals surface area contributed by atoms with Gasteiger partial charge in [0.2, 0.25) is 5.89 Å². The lowest BCUT2D eigenvalue weighted by atomic mass is 9.81. The molecule has 7 aromatic rings. The fourth-order valence-corrected chi connectivity index (χ4v) is 7.03. The quantitative estimate of drug-likeness (QED) is 0.183. The molecule has 5 nitrogen and oxygen atoms in total. The Morgan fingerprint density at radius 2 is 1.40 bits per heavy atom. The van der Waals surface area contributed by atoms with Crippen LogP contribution in [-0.2, 0) is 17.9 Å². The number of aromatic nitrogens is 3. The number of furan rings is 1. The lowest BCUT2D eigenvalue weighted by Crippen LogP contribution is -2.30. The zero-order valence-corrected chi connectivity index (χ0v) is 30.1. The average molecular weight is 627 g/mol. The van der Waals surface area contributed by atoms with E-state index in [0.29, 0.717) is 11.8 Å². The van der Waals surface area contributed by atoms with Crippen molar-refractivity contribution in [3.8, 4) is 17.1 Å². The first-order valence-electron chi connectivity index (χ1n) is 17.0. The Labute approximate surface area is 278 Å². The number of imidazole rings is 1. The van der Waals surface area contributed by atoms with Crippen molar-refractivity contribution in [2.45, 2.75) is 98.8 Å². The van der Waals surface area contributed by atoms with E-state index in [1.54, 1.807) is 0 Å². The second kappa shape index (κ2) is 10.6. The van der Waals surface area contributed by atoms with Crippen LogP contribution < -0.4 is 4.57 Å². The second-order valence-corrected chi connectivity index (χ2v) is 16.1. The van der Waals surface area contributed by atoms with Crippen molar-refractivity contribution in [2.24, 2.45) is 7.05 Å². The molecule has 0 fully saturated rings. The van der Waals surface area contributed by atoms with Gasteiger partial charge in [0.05, 0.1) is 7.05 Å². The summed E-state index contributed by atoms with van der Waals surface area (Å²) in [7, 11) is 2.19. The Bertz CT molecular complexity index is 2320. The molecule has 0 radical (unpaired) electrons. The number of benzene rings is 4. The zero-order chi connectivity index (χ0) is 33.7. The van der Waals surface area contributed by atoms with E-state index in [1.807, 2.05) is 6.07 Å². The molecule has 0 atom stereocenters. The van der Waals surface area contributed by atoms with Gasteiger partial charge in [-0.3, -0.25) is 0 Å². The predicted octanol–water partition coefficient (Wildman–Crippen LogP) is 11.3. The molecule has 0 unspecified atom stereocenters. The molecule has 5 heteroatoms. The van der Waals surface area contributed by atoms with E-state index < -0.39 is 0 Å². The normalized spacial score (nSPS) is 13.1. The van der Waals surface area contributed by atoms with Crippen LogP contribution in [0.1, 0.15) is 109 Å². The van der Waals surface area contributed by atoms with Crippen molar-refractivity contribution in [3.05, 3.63) is 88.8 Å². The van der Waals surface area contributed by atoms with Crippen molar-refractivity contribution in [1.82, 2.24) is 9.55 Å². The molecule has 0 aliphatic carbocycles. The number of nitrogens with zero attached hydrogens (tertiary/aromatic N) is 3. The lowest BCUT2D eigenvalue weighted by molar-refractivity contribution is -0.633. The molecule has 0 saturated carbocycles. The molecule has 0 bridgehead atoms. The van der Waals surface area contributed by atoms with Crippen molar-refractivity contribution < 1.29 is 13.4 Å². The first-order chi connectivity index (χ1) is 22.1. The number of oxazole rings is 1. The summed E-state index contributed by atoms with van der Waals surface area (Å²) >= 11 is 0. The van der Waals surface area contributed by atoms with Crippen LogP contribution >= 0.6 is 0 Å². The summed E-state index contributed by atoms with van der Waals surface area (Å²) in [6.45, 7) is 24.8. The third-order valence-corrected chi connectivity index (χ3v) is 9.74. The van der Waals surface area contributed by atoms with E-state index in [-0.39, 0.29) is 10.8 Å². The van der Waals surface area contributed by atoms with Crippen LogP contribution in [0.3, 0.4) is 0 Å². The number of fused-ring (bicyclic) bond motifs is 5. The van der Waals surface area contributed by atoms with E-state index in [9.17, 15) is 0 Å².